The Balaban J connectivity index is 2.16. The Bertz CT molecular complexity index is 995. The highest BCUT2D eigenvalue weighted by Gasteiger charge is 2.38. The lowest BCUT2D eigenvalue weighted by Crippen LogP contribution is -2.58. The zero-order valence-electron chi connectivity index (χ0n) is 16.0. The third-order valence-corrected chi connectivity index (χ3v) is 6.37. The molecule has 0 heterocycles. The van der Waals surface area contributed by atoms with Gasteiger partial charge >= 0.3 is 5.97 Å². The summed E-state index contributed by atoms with van der Waals surface area (Å²) in [6, 6.07) is 12.2. The van der Waals surface area contributed by atoms with Crippen LogP contribution in [0.3, 0.4) is 0 Å². The zero-order chi connectivity index (χ0) is 22.4. The van der Waals surface area contributed by atoms with Gasteiger partial charge in [-0.25, -0.2) is 13.9 Å². The molecule has 2 aromatic carbocycles. The Kier molecular flexibility index (Phi) is 7.79. The molecule has 0 bridgehead atoms. The van der Waals surface area contributed by atoms with E-state index in [0.717, 1.165) is 0 Å². The normalized spacial score (nSPS) is 13.3. The predicted molar refractivity (Wildman–Crippen MR) is 109 cm³/mol. The molecule has 0 saturated heterocycles. The molecule has 11 heteroatoms. The lowest BCUT2D eigenvalue weighted by atomic mass is 10.0. The van der Waals surface area contributed by atoms with E-state index in [1.807, 2.05) is 0 Å². The molecule has 1 amide bonds. The number of amides is 1. The van der Waals surface area contributed by atoms with E-state index in [-0.39, 0.29) is 17.9 Å². The number of hydrogen-bond donors (Lipinski definition) is 4. The number of benzene rings is 2. The number of ether oxygens (including phenoxy) is 1. The van der Waals surface area contributed by atoms with Crippen LogP contribution >= 0.6 is 11.6 Å². The molecule has 0 saturated carbocycles. The van der Waals surface area contributed by atoms with E-state index in [1.165, 1.54) is 36.7 Å². The molecule has 0 aliphatic rings. The maximum absolute atomic E-state index is 12.8. The lowest BCUT2D eigenvalue weighted by Gasteiger charge is -2.28. The molecule has 0 aliphatic carbocycles. The molecule has 0 aromatic heterocycles. The predicted octanol–water partition coefficient (Wildman–Crippen LogP) is 2.23. The second-order valence-electron chi connectivity index (χ2n) is 6.63. The number of carbonyl (C=O) groups excluding carboxylic acids is 1. The Labute approximate surface area is 178 Å². The van der Waals surface area contributed by atoms with E-state index in [4.69, 9.17) is 26.7 Å². The molecule has 162 valence electrons. The van der Waals surface area contributed by atoms with Crippen LogP contribution in [-0.2, 0) is 19.4 Å². The highest BCUT2D eigenvalue weighted by atomic mass is 35.5. The standard InChI is InChI=1S/C19H21ClN2O7S/c1-19(18(25)22-26,21-11-10-17(23)24)12-30(27,28)16-8-6-15(7-9-16)29-14-4-2-13(20)3-5-14/h2-9,21,26H,10-12H2,1H3,(H,22,25)(H,23,24). The van der Waals surface area contributed by atoms with E-state index < -0.39 is 33.0 Å². The van der Waals surface area contributed by atoms with Crippen LogP contribution in [0, 0.1) is 0 Å². The van der Waals surface area contributed by atoms with Crippen LogP contribution in [0.1, 0.15) is 13.3 Å². The Hall–Kier alpha value is -2.66. The molecule has 0 aliphatic heterocycles. The van der Waals surface area contributed by atoms with Crippen LogP contribution in [0.25, 0.3) is 0 Å². The SMILES string of the molecule is CC(CS(=O)(=O)c1ccc(Oc2ccc(Cl)cc2)cc1)(NCCC(=O)O)C(=O)NO. The van der Waals surface area contributed by atoms with Gasteiger partial charge in [0, 0.05) is 11.6 Å². The van der Waals surface area contributed by atoms with Gasteiger partial charge in [0.1, 0.15) is 17.0 Å². The molecule has 1 atom stereocenters. The first-order valence-corrected chi connectivity index (χ1v) is 10.8. The van der Waals surface area contributed by atoms with Gasteiger partial charge in [-0.05, 0) is 55.5 Å². The van der Waals surface area contributed by atoms with Crippen molar-refractivity contribution in [2.45, 2.75) is 23.8 Å². The molecule has 0 fully saturated rings. The van der Waals surface area contributed by atoms with Gasteiger partial charge in [-0.2, -0.15) is 0 Å². The smallest absolute Gasteiger partial charge is 0.304 e. The van der Waals surface area contributed by atoms with E-state index >= 15 is 0 Å². The van der Waals surface area contributed by atoms with E-state index in [0.29, 0.717) is 16.5 Å². The fraction of sp³-hybridized carbons (Fsp3) is 0.263. The number of sulfone groups is 1. The summed E-state index contributed by atoms with van der Waals surface area (Å²) in [6.45, 7) is 1.10. The van der Waals surface area contributed by atoms with Crippen LogP contribution in [-0.4, -0.2) is 48.4 Å². The number of hydrogen-bond acceptors (Lipinski definition) is 7. The molecule has 0 spiro atoms. The average molecular weight is 457 g/mol. The molecule has 2 aromatic rings. The summed E-state index contributed by atoms with van der Waals surface area (Å²) in [4.78, 5) is 22.7. The van der Waals surface area contributed by atoms with Gasteiger partial charge in [-0.1, -0.05) is 11.6 Å². The fourth-order valence-electron chi connectivity index (χ4n) is 2.58. The Morgan fingerprint density at radius 1 is 1.07 bits per heavy atom. The summed E-state index contributed by atoms with van der Waals surface area (Å²) in [5.41, 5.74) is -0.333. The van der Waals surface area contributed by atoms with Crippen molar-refractivity contribution in [2.75, 3.05) is 12.3 Å². The molecular weight excluding hydrogens is 436 g/mol. The van der Waals surface area contributed by atoms with Crippen LogP contribution in [0.15, 0.2) is 53.4 Å². The van der Waals surface area contributed by atoms with Crippen LogP contribution in [0.5, 0.6) is 11.5 Å². The fourth-order valence-corrected chi connectivity index (χ4v) is 4.42. The van der Waals surface area contributed by atoms with Crippen molar-refractivity contribution in [1.29, 1.82) is 0 Å². The highest BCUT2D eigenvalue weighted by Crippen LogP contribution is 2.25. The van der Waals surface area contributed by atoms with Gasteiger partial charge < -0.3 is 15.2 Å². The van der Waals surface area contributed by atoms with Crippen LogP contribution in [0.4, 0.5) is 0 Å². The first-order chi connectivity index (χ1) is 14.1. The maximum Gasteiger partial charge on any atom is 0.304 e. The van der Waals surface area contributed by atoms with Gasteiger partial charge in [-0.3, -0.25) is 14.8 Å². The summed E-state index contributed by atoms with van der Waals surface area (Å²) < 4.78 is 31.2. The first-order valence-electron chi connectivity index (χ1n) is 8.73. The minimum Gasteiger partial charge on any atom is -0.481 e. The zero-order valence-corrected chi connectivity index (χ0v) is 17.5. The van der Waals surface area contributed by atoms with Crippen molar-refractivity contribution in [3.8, 4) is 11.5 Å². The van der Waals surface area contributed by atoms with E-state index in [1.54, 1.807) is 24.3 Å². The molecule has 0 radical (unpaired) electrons. The van der Waals surface area contributed by atoms with Crippen LogP contribution < -0.4 is 15.5 Å². The monoisotopic (exact) mass is 456 g/mol. The molecule has 2 rings (SSSR count). The van der Waals surface area contributed by atoms with Crippen molar-refractivity contribution in [3.05, 3.63) is 53.6 Å². The number of carboxylic acid groups (broad SMARTS) is 1. The van der Waals surface area contributed by atoms with Gasteiger partial charge in [0.2, 0.25) is 0 Å². The van der Waals surface area contributed by atoms with Crippen molar-refractivity contribution in [2.24, 2.45) is 0 Å². The largest absolute Gasteiger partial charge is 0.481 e. The summed E-state index contributed by atoms with van der Waals surface area (Å²) in [5, 5.41) is 20.8. The second-order valence-corrected chi connectivity index (χ2v) is 9.06. The van der Waals surface area contributed by atoms with Crippen molar-refractivity contribution < 1.29 is 33.1 Å². The summed E-state index contributed by atoms with van der Waals surface area (Å²) >= 11 is 5.82. The van der Waals surface area contributed by atoms with Gasteiger partial charge in [0.25, 0.3) is 5.91 Å². The maximum atomic E-state index is 12.8. The van der Waals surface area contributed by atoms with E-state index in [2.05, 4.69) is 5.32 Å². The highest BCUT2D eigenvalue weighted by molar-refractivity contribution is 7.91. The Morgan fingerprint density at radius 3 is 2.10 bits per heavy atom. The van der Waals surface area contributed by atoms with E-state index in [9.17, 15) is 18.0 Å². The summed E-state index contributed by atoms with van der Waals surface area (Å²) in [7, 11) is -3.97. The molecular formula is C19H21ClN2O7S. The van der Waals surface area contributed by atoms with Crippen molar-refractivity contribution >= 4 is 33.3 Å². The number of rotatable bonds is 10. The second kappa shape index (κ2) is 9.90. The summed E-state index contributed by atoms with van der Waals surface area (Å²) in [5.74, 6) is -1.91. The van der Waals surface area contributed by atoms with Gasteiger partial charge in [0.05, 0.1) is 17.1 Å². The van der Waals surface area contributed by atoms with Gasteiger partial charge in [0.15, 0.2) is 9.84 Å². The average Bonchev–Trinajstić information content (AvgIpc) is 2.69. The third kappa shape index (κ3) is 6.42. The quantitative estimate of drug-likeness (QED) is 0.315. The van der Waals surface area contributed by atoms with Crippen molar-refractivity contribution in [1.82, 2.24) is 10.8 Å². The first kappa shape index (κ1) is 23.6. The topological polar surface area (TPSA) is 142 Å². The molecule has 1 unspecified atom stereocenters. The summed E-state index contributed by atoms with van der Waals surface area (Å²) in [6.07, 6.45) is -0.328. The third-order valence-electron chi connectivity index (χ3n) is 4.17. The molecule has 30 heavy (non-hydrogen) atoms. The molecule has 4 N–H and O–H groups in total. The van der Waals surface area contributed by atoms with Crippen LogP contribution in [0.2, 0.25) is 5.02 Å². The minimum atomic E-state index is -3.97. The number of carbonyl (C=O) groups is 2. The number of carboxylic acids is 1. The van der Waals surface area contributed by atoms with Crippen molar-refractivity contribution in [3.63, 3.8) is 0 Å². The Morgan fingerprint density at radius 2 is 1.60 bits per heavy atom. The lowest BCUT2D eigenvalue weighted by molar-refractivity contribution is -0.138. The minimum absolute atomic E-state index is 0.0667. The number of halogens is 1. The number of aliphatic carboxylic acids is 1. The number of nitrogens with one attached hydrogen (secondary N) is 2. The number of hydroxylamine groups is 1. The molecule has 9 nitrogen and oxygen atoms in total. The van der Waals surface area contributed by atoms with Gasteiger partial charge in [-0.15, -0.1) is 0 Å².